The Hall–Kier alpha value is 2.38. The molecule has 0 amide bonds. The number of halogens is 3. The van der Waals surface area contributed by atoms with Crippen LogP contribution in [0.15, 0.2) is 0 Å². The average Bonchev–Trinajstić information content (AvgIpc) is 0.811. The first-order chi connectivity index (χ1) is 1.73. The van der Waals surface area contributed by atoms with Crippen LogP contribution >= 0.6 is 25.7 Å². The van der Waals surface area contributed by atoms with Crippen molar-refractivity contribution >= 4 is 63.4 Å². The first-order valence-electron chi connectivity index (χ1n) is 0.655. The van der Waals surface area contributed by atoms with Crippen LogP contribution in [0.25, 0.3) is 0 Å². The molecule has 0 nitrogen and oxygen atoms in total. The summed E-state index contributed by atoms with van der Waals surface area (Å²) in [5.41, 5.74) is 0. The molecule has 0 rings (SSSR count). The van der Waals surface area contributed by atoms with Gasteiger partial charge in [-0.15, -0.1) is 0 Å². The summed E-state index contributed by atoms with van der Waals surface area (Å²) < 4.78 is 0. The standard InChI is InChI=1S/3ClH.Ga.In.3H/h3*1H;;;;;/q;;;;+3;;;/p-3. The third-order valence-corrected chi connectivity index (χ3v) is 0. The van der Waals surface area contributed by atoms with Gasteiger partial charge >= 0.3 is 63.4 Å². The fourth-order valence-corrected chi connectivity index (χ4v) is 0. The topological polar surface area (TPSA) is 0 Å². The third kappa shape index (κ3) is 21.6. The molecule has 0 fully saturated rings. The van der Waals surface area contributed by atoms with E-state index in [1.54, 1.807) is 0 Å². The van der Waals surface area contributed by atoms with E-state index >= 15 is 0 Å². The van der Waals surface area contributed by atoms with Gasteiger partial charge in [0.15, 0.2) is 0 Å². The van der Waals surface area contributed by atoms with Gasteiger partial charge in [0.05, 0.1) is 0 Å². The van der Waals surface area contributed by atoms with Gasteiger partial charge in [0.1, 0.15) is 0 Å². The van der Waals surface area contributed by atoms with Crippen LogP contribution in [-0.4, -0.2) is 37.7 Å². The molecule has 0 spiro atoms. The monoisotopic (exact) mass is 292 g/mol. The van der Waals surface area contributed by atoms with Crippen LogP contribution in [0.4, 0.5) is 0 Å². The normalized spacial score (nSPS) is 5.40. The Balaban J connectivity index is 0. The summed E-state index contributed by atoms with van der Waals surface area (Å²) >= 11 is -2.22. The van der Waals surface area contributed by atoms with Crippen molar-refractivity contribution in [3.05, 3.63) is 0 Å². The second-order valence-corrected chi connectivity index (χ2v) is 14.9. The molecule has 0 bridgehead atoms. The number of rotatable bonds is 0. The summed E-state index contributed by atoms with van der Waals surface area (Å²) in [6, 6.07) is 0. The van der Waals surface area contributed by atoms with E-state index in [0.29, 0.717) is 0 Å². The third-order valence-electron chi connectivity index (χ3n) is 0. The van der Waals surface area contributed by atoms with Gasteiger partial charge in [0, 0.05) is 0 Å². The van der Waals surface area contributed by atoms with E-state index in [0.717, 1.165) is 0 Å². The summed E-state index contributed by atoms with van der Waals surface area (Å²) in [5, 5.41) is 0. The summed E-state index contributed by atoms with van der Waals surface area (Å²) in [4.78, 5) is 0. The van der Waals surface area contributed by atoms with Gasteiger partial charge < -0.3 is 0 Å². The maximum absolute atomic E-state index is 5.02. The Morgan fingerprint density at radius 1 is 1.00 bits per heavy atom. The predicted molar refractivity (Wildman–Crippen MR) is 33.3 cm³/mol. The molecule has 0 heterocycles. The zero-order valence-corrected chi connectivity index (χ0v) is 7.27. The van der Waals surface area contributed by atoms with E-state index in [9.17, 15) is 0 Å². The van der Waals surface area contributed by atoms with E-state index < -0.39 is 17.9 Å². The zero-order valence-electron chi connectivity index (χ0n) is 1.71. The maximum atomic E-state index is 5.02. The molecule has 0 radical (unpaired) electrons. The van der Waals surface area contributed by atoms with Crippen LogP contribution in [0, 0.1) is 0 Å². The molecule has 30 valence electrons. The van der Waals surface area contributed by atoms with Gasteiger partial charge in [-0.25, -0.2) is 0 Å². The molecule has 0 aromatic carbocycles. The molecule has 5 heteroatoms. The van der Waals surface area contributed by atoms with Crippen molar-refractivity contribution in [1.29, 1.82) is 0 Å². The van der Waals surface area contributed by atoms with E-state index in [-0.39, 0.29) is 19.8 Å². The minimum atomic E-state index is -2.22. The molecule has 5 heavy (non-hydrogen) atoms. The van der Waals surface area contributed by atoms with Crippen molar-refractivity contribution in [2.24, 2.45) is 0 Å². The van der Waals surface area contributed by atoms with Gasteiger partial charge in [-0.2, -0.15) is 0 Å². The predicted octanol–water partition coefficient (Wildman–Crippen LogP) is 0.504. The summed E-state index contributed by atoms with van der Waals surface area (Å²) in [6.45, 7) is 0. The SMILES string of the molecule is [Cl][In]([Cl])[Cl].[GaH3]. The molecule has 0 atom stereocenters. The van der Waals surface area contributed by atoms with Gasteiger partial charge in [-0.05, 0) is 0 Å². The van der Waals surface area contributed by atoms with E-state index in [4.69, 9.17) is 25.7 Å². The van der Waals surface area contributed by atoms with Gasteiger partial charge in [-0.3, -0.25) is 0 Å². The second-order valence-electron chi connectivity index (χ2n) is 0.247. The Morgan fingerprint density at radius 2 is 1.00 bits per heavy atom. The van der Waals surface area contributed by atoms with Gasteiger partial charge in [0.2, 0.25) is 0 Å². The van der Waals surface area contributed by atoms with Crippen molar-refractivity contribution in [1.82, 2.24) is 0 Å². The fourth-order valence-electron chi connectivity index (χ4n) is 0. The molecule has 0 aliphatic rings. The number of hydrogen-bond acceptors (Lipinski definition) is 0. The summed E-state index contributed by atoms with van der Waals surface area (Å²) in [5.74, 6) is 0. The van der Waals surface area contributed by atoms with Crippen LogP contribution < -0.4 is 0 Å². The Kier molecular flexibility index (Phi) is 13.2. The molecular weight excluding hydrogens is 291 g/mol. The van der Waals surface area contributed by atoms with Crippen LogP contribution in [0.3, 0.4) is 0 Å². The van der Waals surface area contributed by atoms with Gasteiger partial charge in [0.25, 0.3) is 0 Å². The van der Waals surface area contributed by atoms with Crippen LogP contribution in [0.1, 0.15) is 0 Å². The second kappa shape index (κ2) is 6.38. The summed E-state index contributed by atoms with van der Waals surface area (Å²) in [6.07, 6.45) is 0. The number of hydrogen-bond donors (Lipinski definition) is 0. The molecule has 0 aliphatic carbocycles. The van der Waals surface area contributed by atoms with Crippen molar-refractivity contribution in [3.63, 3.8) is 0 Å². The molecule has 0 aromatic heterocycles. The first kappa shape index (κ1) is 10.4. The van der Waals surface area contributed by atoms with Crippen LogP contribution in [0.2, 0.25) is 0 Å². The zero-order chi connectivity index (χ0) is 3.58. The Morgan fingerprint density at radius 3 is 1.00 bits per heavy atom. The van der Waals surface area contributed by atoms with Crippen molar-refractivity contribution < 1.29 is 0 Å². The van der Waals surface area contributed by atoms with Crippen molar-refractivity contribution in [3.8, 4) is 0 Å². The van der Waals surface area contributed by atoms with Crippen LogP contribution in [-0.2, 0) is 0 Å². The van der Waals surface area contributed by atoms with E-state index in [2.05, 4.69) is 0 Å². The van der Waals surface area contributed by atoms with Crippen molar-refractivity contribution in [2.75, 3.05) is 0 Å². The average molecular weight is 294 g/mol. The molecule has 0 saturated carbocycles. The Bertz CT molecular complexity index is 11.6. The van der Waals surface area contributed by atoms with Gasteiger partial charge in [-0.1, -0.05) is 0 Å². The summed E-state index contributed by atoms with van der Waals surface area (Å²) in [7, 11) is 15.0. The molecule has 0 aliphatic heterocycles. The quantitative estimate of drug-likeness (QED) is 0.571. The van der Waals surface area contributed by atoms with Crippen molar-refractivity contribution in [2.45, 2.75) is 0 Å². The molecule has 0 unspecified atom stereocenters. The molecule has 0 aromatic rings. The minimum absolute atomic E-state index is 0. The van der Waals surface area contributed by atoms with Crippen LogP contribution in [0.5, 0.6) is 0 Å². The molecular formula is H3Cl3GaIn. The first-order valence-corrected chi connectivity index (χ1v) is 13.2. The van der Waals surface area contributed by atoms with E-state index in [1.807, 2.05) is 0 Å². The molecule has 0 saturated heterocycles. The molecule has 0 N–H and O–H groups in total. The van der Waals surface area contributed by atoms with E-state index in [1.165, 1.54) is 0 Å². The Labute approximate surface area is 62.5 Å². The fraction of sp³-hybridized carbons (Fsp3) is 0.